The lowest BCUT2D eigenvalue weighted by Gasteiger charge is -2.49. The molecular formula is C26H33Cl2NO4S. The Balaban J connectivity index is 2.20. The van der Waals surface area contributed by atoms with Crippen molar-refractivity contribution >= 4 is 38.9 Å². The molecule has 8 heteroatoms. The molecule has 5 nitrogen and oxygen atoms in total. The Kier molecular flexibility index (Phi) is 7.79. The molecule has 1 fully saturated rings. The van der Waals surface area contributed by atoms with Crippen molar-refractivity contribution in [2.75, 3.05) is 12.4 Å². The summed E-state index contributed by atoms with van der Waals surface area (Å²) >= 11 is 12.4. The van der Waals surface area contributed by atoms with Crippen molar-refractivity contribution in [1.29, 1.82) is 0 Å². The van der Waals surface area contributed by atoms with Gasteiger partial charge in [0.05, 0.1) is 22.6 Å². The Labute approximate surface area is 213 Å². The normalized spacial score (nSPS) is 20.9. The van der Waals surface area contributed by atoms with Crippen molar-refractivity contribution in [3.8, 4) is 0 Å². The number of halogens is 2. The number of morpholine rings is 1. The molecule has 0 N–H and O–H groups in total. The molecule has 0 saturated carbocycles. The van der Waals surface area contributed by atoms with Crippen LogP contribution in [0, 0.1) is 5.41 Å². The predicted octanol–water partition coefficient (Wildman–Crippen LogP) is 6.26. The maximum atomic E-state index is 13.5. The maximum Gasteiger partial charge on any atom is 0.249 e. The summed E-state index contributed by atoms with van der Waals surface area (Å²) in [5, 5.41) is 1.13. The van der Waals surface area contributed by atoms with E-state index in [2.05, 4.69) is 0 Å². The van der Waals surface area contributed by atoms with Gasteiger partial charge in [0.2, 0.25) is 5.91 Å². The molecule has 1 saturated heterocycles. The second-order valence-electron chi connectivity index (χ2n) is 10.9. The lowest BCUT2D eigenvalue weighted by molar-refractivity contribution is -0.166. The van der Waals surface area contributed by atoms with Gasteiger partial charge in [-0.3, -0.25) is 4.79 Å². The predicted molar refractivity (Wildman–Crippen MR) is 138 cm³/mol. The van der Waals surface area contributed by atoms with Gasteiger partial charge in [-0.25, -0.2) is 8.42 Å². The number of amides is 1. The van der Waals surface area contributed by atoms with Crippen molar-refractivity contribution in [3.05, 3.63) is 69.7 Å². The molecule has 2 aromatic rings. The maximum absolute atomic E-state index is 13.5. The van der Waals surface area contributed by atoms with Crippen LogP contribution in [0.25, 0.3) is 0 Å². The zero-order valence-electron chi connectivity index (χ0n) is 20.5. The average Bonchev–Trinajstić information content (AvgIpc) is 2.71. The topological polar surface area (TPSA) is 63.7 Å². The van der Waals surface area contributed by atoms with Crippen LogP contribution in [-0.4, -0.2) is 42.4 Å². The zero-order valence-corrected chi connectivity index (χ0v) is 22.8. The number of sulfone groups is 1. The minimum Gasteiger partial charge on any atom is -0.361 e. The summed E-state index contributed by atoms with van der Waals surface area (Å²) in [4.78, 5) is 15.2. The Morgan fingerprint density at radius 3 is 2.12 bits per heavy atom. The summed E-state index contributed by atoms with van der Waals surface area (Å²) in [6.45, 7) is 10.8. The molecule has 1 aliphatic rings. The van der Waals surface area contributed by atoms with E-state index in [-0.39, 0.29) is 18.3 Å². The summed E-state index contributed by atoms with van der Waals surface area (Å²) in [5.41, 5.74) is 1.11. The second-order valence-corrected chi connectivity index (χ2v) is 14.5. The van der Waals surface area contributed by atoms with E-state index in [0.29, 0.717) is 10.0 Å². The highest BCUT2D eigenvalue weighted by Gasteiger charge is 2.48. The minimum absolute atomic E-state index is 0.149. The molecule has 34 heavy (non-hydrogen) atoms. The summed E-state index contributed by atoms with van der Waals surface area (Å²) in [6, 6.07) is 13.4. The van der Waals surface area contributed by atoms with E-state index in [1.165, 1.54) is 0 Å². The monoisotopic (exact) mass is 525 g/mol. The third-order valence-electron chi connectivity index (χ3n) is 6.30. The largest absolute Gasteiger partial charge is 0.361 e. The lowest BCUT2D eigenvalue weighted by Crippen LogP contribution is -2.58. The summed E-state index contributed by atoms with van der Waals surface area (Å²) in [6.07, 6.45) is -0.528. The number of rotatable bonds is 5. The van der Waals surface area contributed by atoms with Crippen LogP contribution in [0.1, 0.15) is 64.8 Å². The fourth-order valence-electron chi connectivity index (χ4n) is 4.16. The molecule has 186 valence electrons. The van der Waals surface area contributed by atoms with Crippen molar-refractivity contribution in [1.82, 2.24) is 4.90 Å². The summed E-state index contributed by atoms with van der Waals surface area (Å²) in [7, 11) is -3.53. The number of hydrogen-bond donors (Lipinski definition) is 0. The van der Waals surface area contributed by atoms with E-state index >= 15 is 0 Å². The van der Waals surface area contributed by atoms with Gasteiger partial charge in [0.1, 0.15) is 12.7 Å². The molecule has 0 spiro atoms. The van der Waals surface area contributed by atoms with Crippen molar-refractivity contribution in [2.45, 2.75) is 64.5 Å². The van der Waals surface area contributed by atoms with Crippen molar-refractivity contribution in [2.24, 2.45) is 5.41 Å². The Hall–Kier alpha value is -1.60. The van der Waals surface area contributed by atoms with E-state index in [4.69, 9.17) is 27.9 Å². The lowest BCUT2D eigenvalue weighted by atomic mass is 9.83. The summed E-state index contributed by atoms with van der Waals surface area (Å²) < 4.78 is 31.8. The van der Waals surface area contributed by atoms with Gasteiger partial charge in [0, 0.05) is 10.0 Å². The third-order valence-corrected chi connectivity index (χ3v) is 9.40. The van der Waals surface area contributed by atoms with Gasteiger partial charge in [0.15, 0.2) is 9.84 Å². The fraction of sp³-hybridized carbons (Fsp3) is 0.500. The Morgan fingerprint density at radius 2 is 1.59 bits per heavy atom. The molecule has 1 aliphatic heterocycles. The fourth-order valence-corrected chi connectivity index (χ4v) is 6.06. The van der Waals surface area contributed by atoms with Crippen LogP contribution in [-0.2, 0) is 19.4 Å². The molecule has 3 rings (SSSR count). The van der Waals surface area contributed by atoms with Gasteiger partial charge < -0.3 is 9.64 Å². The van der Waals surface area contributed by atoms with E-state index in [1.807, 2.05) is 51.1 Å². The number of ether oxygens (including phenoxy) is 1. The summed E-state index contributed by atoms with van der Waals surface area (Å²) in [5.74, 6) is -0.403. The quantitative estimate of drug-likeness (QED) is 0.461. The molecule has 3 atom stereocenters. The second kappa shape index (κ2) is 9.81. The average molecular weight is 527 g/mol. The molecule has 0 unspecified atom stereocenters. The SMILES string of the molecule is CC(C)(C)[C@@H](CS(=O)(=O)C(C)(C)C)N1C(=O)CO[C@H](c2cccc(Cl)c2)[C@H]1c1ccc(Cl)cc1. The highest BCUT2D eigenvalue weighted by molar-refractivity contribution is 7.92. The van der Waals surface area contributed by atoms with Crippen molar-refractivity contribution < 1.29 is 17.9 Å². The first kappa shape index (κ1) is 27.0. The van der Waals surface area contributed by atoms with Crippen LogP contribution in [0.2, 0.25) is 10.0 Å². The molecular weight excluding hydrogens is 493 g/mol. The number of benzene rings is 2. The first-order valence-electron chi connectivity index (χ1n) is 11.3. The Bertz CT molecular complexity index is 1130. The Morgan fingerprint density at radius 1 is 0.971 bits per heavy atom. The number of nitrogens with zero attached hydrogens (tertiary/aromatic N) is 1. The van der Waals surface area contributed by atoms with E-state index in [9.17, 15) is 13.2 Å². The van der Waals surface area contributed by atoms with Crippen LogP contribution < -0.4 is 0 Å². The first-order valence-corrected chi connectivity index (χ1v) is 13.7. The van der Waals surface area contributed by atoms with Gasteiger partial charge in [-0.05, 0) is 61.6 Å². The molecule has 0 aromatic heterocycles. The molecule has 1 heterocycles. The van der Waals surface area contributed by atoms with E-state index < -0.39 is 38.2 Å². The van der Waals surface area contributed by atoms with Gasteiger partial charge >= 0.3 is 0 Å². The number of carbonyl (C=O) groups excluding carboxylic acids is 1. The molecule has 0 aliphatic carbocycles. The van der Waals surface area contributed by atoms with Crippen molar-refractivity contribution in [3.63, 3.8) is 0 Å². The van der Waals surface area contributed by atoms with Crippen LogP contribution in [0.15, 0.2) is 48.5 Å². The highest BCUT2D eigenvalue weighted by Crippen LogP contribution is 2.45. The molecule has 2 aromatic carbocycles. The van der Waals surface area contributed by atoms with Crippen LogP contribution in [0.4, 0.5) is 0 Å². The van der Waals surface area contributed by atoms with Crippen LogP contribution in [0.3, 0.4) is 0 Å². The standard InChI is InChI=1S/C26H33Cl2NO4S/c1-25(2,3)21(16-34(31,32)26(4,5)6)29-22(30)15-33-24(18-8-7-9-20(28)14-18)23(29)17-10-12-19(27)13-11-17/h7-14,21,23-24H,15-16H2,1-6H3/t21-,23-,24-/m1/s1. The number of carbonyl (C=O) groups is 1. The minimum atomic E-state index is -3.53. The highest BCUT2D eigenvalue weighted by atomic mass is 35.5. The molecule has 0 radical (unpaired) electrons. The van der Waals surface area contributed by atoms with Gasteiger partial charge in [-0.15, -0.1) is 0 Å². The van der Waals surface area contributed by atoms with E-state index in [0.717, 1.165) is 11.1 Å². The number of hydrogen-bond acceptors (Lipinski definition) is 4. The molecule has 1 amide bonds. The smallest absolute Gasteiger partial charge is 0.249 e. The van der Waals surface area contributed by atoms with Crippen LogP contribution >= 0.6 is 23.2 Å². The molecule has 0 bridgehead atoms. The van der Waals surface area contributed by atoms with Gasteiger partial charge in [-0.2, -0.15) is 0 Å². The van der Waals surface area contributed by atoms with E-state index in [1.54, 1.807) is 43.9 Å². The van der Waals surface area contributed by atoms with Crippen LogP contribution in [0.5, 0.6) is 0 Å². The van der Waals surface area contributed by atoms with Gasteiger partial charge in [-0.1, -0.05) is 68.2 Å². The first-order chi connectivity index (χ1) is 15.6. The van der Waals surface area contributed by atoms with Gasteiger partial charge in [0.25, 0.3) is 0 Å². The zero-order chi connectivity index (χ0) is 25.5. The third kappa shape index (κ3) is 5.78.